The van der Waals surface area contributed by atoms with E-state index in [4.69, 9.17) is 0 Å². The molecule has 0 aliphatic heterocycles. The first-order chi connectivity index (χ1) is 28.8. The highest BCUT2D eigenvalue weighted by atomic mass is 15.0. The van der Waals surface area contributed by atoms with Crippen LogP contribution in [0.5, 0.6) is 0 Å². The van der Waals surface area contributed by atoms with Crippen molar-refractivity contribution in [1.82, 2.24) is 9.13 Å². The summed E-state index contributed by atoms with van der Waals surface area (Å²) < 4.78 is 4.76. The van der Waals surface area contributed by atoms with Crippen molar-refractivity contribution < 1.29 is 0 Å². The topological polar surface area (TPSA) is 9.86 Å². The highest BCUT2D eigenvalue weighted by Crippen LogP contribution is 2.40. The molecule has 0 amide bonds. The molecule has 0 spiro atoms. The van der Waals surface area contributed by atoms with Gasteiger partial charge in [-0.1, -0.05) is 158 Å². The third kappa shape index (κ3) is 5.05. The molecule has 2 heterocycles. The third-order valence-electron chi connectivity index (χ3n) is 12.1. The van der Waals surface area contributed by atoms with Crippen LogP contribution in [0.4, 0.5) is 0 Å². The van der Waals surface area contributed by atoms with Crippen molar-refractivity contribution in [3.63, 3.8) is 0 Å². The average molecular weight is 737 g/mol. The number of para-hydroxylation sites is 4. The van der Waals surface area contributed by atoms with E-state index in [2.05, 4.69) is 228 Å². The first-order valence-corrected chi connectivity index (χ1v) is 20.0. The van der Waals surface area contributed by atoms with Crippen molar-refractivity contribution in [1.29, 1.82) is 0 Å². The van der Waals surface area contributed by atoms with E-state index in [1.807, 2.05) is 0 Å². The normalized spacial score (nSPS) is 11.8. The number of hydrogen-bond acceptors (Lipinski definition) is 0. The standard InChI is InChI=1S/C56H36N2/c1-2-12-45-38(11-1)21-22-41-35-42(28-34-47(41)45)52-36-40(37-23-29-43(30-24-37)57-53-17-7-3-13-48(53)49-14-4-8-18-54(49)57)27-33-46(52)39-25-31-44(32-26-39)58-55-19-9-5-15-50(55)51-16-6-10-20-56(51)58/h1-36H. The second-order valence-corrected chi connectivity index (χ2v) is 15.3. The van der Waals surface area contributed by atoms with E-state index in [1.165, 1.54) is 98.5 Å². The summed E-state index contributed by atoms with van der Waals surface area (Å²) in [5, 5.41) is 10.1. The quantitative estimate of drug-likeness (QED) is 0.156. The maximum absolute atomic E-state index is 2.38. The largest absolute Gasteiger partial charge is 0.309 e. The number of benzene rings is 10. The minimum absolute atomic E-state index is 1.15. The van der Waals surface area contributed by atoms with Crippen LogP contribution in [0.3, 0.4) is 0 Å². The Morgan fingerprint density at radius 2 is 0.638 bits per heavy atom. The van der Waals surface area contributed by atoms with Crippen LogP contribution in [0.1, 0.15) is 0 Å². The lowest BCUT2D eigenvalue weighted by molar-refractivity contribution is 1.18. The van der Waals surface area contributed by atoms with E-state index in [-0.39, 0.29) is 0 Å². The average Bonchev–Trinajstić information content (AvgIpc) is 3.82. The zero-order chi connectivity index (χ0) is 38.2. The van der Waals surface area contributed by atoms with Gasteiger partial charge in [-0.3, -0.25) is 0 Å². The van der Waals surface area contributed by atoms with Crippen LogP contribution < -0.4 is 0 Å². The fourth-order valence-electron chi connectivity index (χ4n) is 9.39. The molecule has 58 heavy (non-hydrogen) atoms. The predicted molar refractivity (Wildman–Crippen MR) is 246 cm³/mol. The molecule has 0 radical (unpaired) electrons. The van der Waals surface area contributed by atoms with Crippen molar-refractivity contribution in [2.75, 3.05) is 0 Å². The van der Waals surface area contributed by atoms with Gasteiger partial charge in [-0.05, 0) is 116 Å². The van der Waals surface area contributed by atoms with E-state index in [0.29, 0.717) is 0 Å². The zero-order valence-electron chi connectivity index (χ0n) is 31.7. The van der Waals surface area contributed by atoms with Gasteiger partial charge in [-0.2, -0.15) is 0 Å². The molecule has 0 atom stereocenters. The van der Waals surface area contributed by atoms with Gasteiger partial charge < -0.3 is 9.13 Å². The molecule has 0 saturated carbocycles. The lowest BCUT2D eigenvalue weighted by Crippen LogP contribution is -1.94. The SMILES string of the molecule is c1ccc2c(c1)ccc1cc(-c3cc(-c4ccc(-n5c6ccccc6c6ccccc65)cc4)ccc3-c3ccc(-n4c5ccccc5c5ccccc54)cc3)ccc12. The minimum Gasteiger partial charge on any atom is -0.309 e. The molecule has 0 fully saturated rings. The molecule has 12 aromatic rings. The van der Waals surface area contributed by atoms with Crippen LogP contribution in [-0.4, -0.2) is 9.13 Å². The van der Waals surface area contributed by atoms with Gasteiger partial charge in [-0.25, -0.2) is 0 Å². The van der Waals surface area contributed by atoms with E-state index >= 15 is 0 Å². The molecule has 0 N–H and O–H groups in total. The Labute approximate surface area is 336 Å². The van der Waals surface area contributed by atoms with Crippen LogP contribution in [-0.2, 0) is 0 Å². The molecule has 0 aliphatic carbocycles. The second kappa shape index (κ2) is 12.9. The summed E-state index contributed by atoms with van der Waals surface area (Å²) in [6, 6.07) is 80.1. The van der Waals surface area contributed by atoms with Crippen LogP contribution >= 0.6 is 0 Å². The first kappa shape index (κ1) is 32.6. The van der Waals surface area contributed by atoms with Crippen molar-refractivity contribution in [3.05, 3.63) is 218 Å². The van der Waals surface area contributed by atoms with E-state index < -0.39 is 0 Å². The van der Waals surface area contributed by atoms with Gasteiger partial charge in [-0.15, -0.1) is 0 Å². The summed E-state index contributed by atoms with van der Waals surface area (Å²) >= 11 is 0. The van der Waals surface area contributed by atoms with Gasteiger partial charge in [0.2, 0.25) is 0 Å². The predicted octanol–water partition coefficient (Wildman–Crippen LogP) is 15.2. The Kier molecular flexibility index (Phi) is 7.26. The van der Waals surface area contributed by atoms with Crippen molar-refractivity contribution in [3.8, 4) is 44.8 Å². The smallest absolute Gasteiger partial charge is 0.0541 e. The summed E-state index contributed by atoms with van der Waals surface area (Å²) in [5.74, 6) is 0. The summed E-state index contributed by atoms with van der Waals surface area (Å²) in [6.07, 6.45) is 0. The summed E-state index contributed by atoms with van der Waals surface area (Å²) in [4.78, 5) is 0. The van der Waals surface area contributed by atoms with E-state index in [9.17, 15) is 0 Å². The summed E-state index contributed by atoms with van der Waals surface area (Å²) in [5.41, 5.74) is 14.4. The van der Waals surface area contributed by atoms with Gasteiger partial charge in [0, 0.05) is 32.9 Å². The van der Waals surface area contributed by atoms with Crippen LogP contribution in [0.25, 0.3) is 110 Å². The van der Waals surface area contributed by atoms with E-state index in [1.54, 1.807) is 0 Å². The Morgan fingerprint density at radius 1 is 0.224 bits per heavy atom. The molecule has 10 aromatic carbocycles. The third-order valence-corrected chi connectivity index (χ3v) is 12.1. The highest BCUT2D eigenvalue weighted by Gasteiger charge is 2.16. The molecule has 0 aliphatic rings. The fourth-order valence-corrected chi connectivity index (χ4v) is 9.39. The van der Waals surface area contributed by atoms with Crippen molar-refractivity contribution >= 4 is 65.2 Å². The molecule has 12 rings (SSSR count). The minimum atomic E-state index is 1.15. The lowest BCUT2D eigenvalue weighted by Gasteiger charge is -2.16. The van der Waals surface area contributed by atoms with Gasteiger partial charge in [0.1, 0.15) is 0 Å². The Balaban J connectivity index is 0.990. The van der Waals surface area contributed by atoms with Crippen LogP contribution in [0.15, 0.2) is 218 Å². The summed E-state index contributed by atoms with van der Waals surface area (Å²) in [6.45, 7) is 0. The maximum Gasteiger partial charge on any atom is 0.0541 e. The van der Waals surface area contributed by atoms with Crippen molar-refractivity contribution in [2.24, 2.45) is 0 Å². The van der Waals surface area contributed by atoms with Crippen LogP contribution in [0, 0.1) is 0 Å². The Bertz CT molecular complexity index is 3440. The number of hydrogen-bond donors (Lipinski definition) is 0. The monoisotopic (exact) mass is 736 g/mol. The Morgan fingerprint density at radius 3 is 1.19 bits per heavy atom. The molecule has 0 saturated heterocycles. The van der Waals surface area contributed by atoms with E-state index in [0.717, 1.165) is 11.4 Å². The number of rotatable bonds is 5. The van der Waals surface area contributed by atoms with Gasteiger partial charge in [0.15, 0.2) is 0 Å². The fraction of sp³-hybridized carbons (Fsp3) is 0. The lowest BCUT2D eigenvalue weighted by atomic mass is 9.89. The number of fused-ring (bicyclic) bond motifs is 9. The zero-order valence-corrected chi connectivity index (χ0v) is 31.7. The molecule has 2 aromatic heterocycles. The second-order valence-electron chi connectivity index (χ2n) is 15.3. The number of nitrogens with zero attached hydrogens (tertiary/aromatic N) is 2. The van der Waals surface area contributed by atoms with Crippen molar-refractivity contribution in [2.45, 2.75) is 0 Å². The highest BCUT2D eigenvalue weighted by molar-refractivity contribution is 6.11. The molecular formula is C56H36N2. The molecule has 0 unspecified atom stereocenters. The molecular weight excluding hydrogens is 701 g/mol. The first-order valence-electron chi connectivity index (χ1n) is 20.0. The molecule has 2 nitrogen and oxygen atoms in total. The Hall–Kier alpha value is -7.68. The number of aromatic nitrogens is 2. The van der Waals surface area contributed by atoms with Gasteiger partial charge in [0.05, 0.1) is 22.1 Å². The molecule has 270 valence electrons. The van der Waals surface area contributed by atoms with Gasteiger partial charge >= 0.3 is 0 Å². The van der Waals surface area contributed by atoms with Crippen LogP contribution in [0.2, 0.25) is 0 Å². The molecule has 2 heteroatoms. The maximum atomic E-state index is 2.38. The molecule has 0 bridgehead atoms. The summed E-state index contributed by atoms with van der Waals surface area (Å²) in [7, 11) is 0. The van der Waals surface area contributed by atoms with Gasteiger partial charge in [0.25, 0.3) is 0 Å².